The second-order valence-corrected chi connectivity index (χ2v) is 10.3. The number of aromatic nitrogens is 3. The molecule has 2 aromatic carbocycles. The standard InChI is InChI=1S/C23H22ClN5O3S2/c1-2-21-27-20(22-25-13-14-33-22)15-29(21)18-7-3-16(4-8-18)11-12-26-23(30)28-34(31,32)19-9-5-17(24)6-10-19/h3-10,13-15H,2,11-12H2,1H3,(H2,26,28,30). The molecule has 4 rings (SSSR count). The van der Waals surface area contributed by atoms with E-state index in [4.69, 9.17) is 16.6 Å². The lowest BCUT2D eigenvalue weighted by Crippen LogP contribution is -2.40. The highest BCUT2D eigenvalue weighted by molar-refractivity contribution is 7.90. The highest BCUT2D eigenvalue weighted by Gasteiger charge is 2.17. The molecule has 0 aliphatic heterocycles. The molecule has 2 aromatic heterocycles. The number of benzene rings is 2. The maximum absolute atomic E-state index is 12.3. The molecule has 8 nitrogen and oxygen atoms in total. The molecule has 0 atom stereocenters. The zero-order valence-corrected chi connectivity index (χ0v) is 20.6. The van der Waals surface area contributed by atoms with E-state index in [9.17, 15) is 13.2 Å². The van der Waals surface area contributed by atoms with Crippen LogP contribution < -0.4 is 10.0 Å². The van der Waals surface area contributed by atoms with Gasteiger partial charge in [-0.2, -0.15) is 0 Å². The lowest BCUT2D eigenvalue weighted by atomic mass is 10.1. The number of nitrogens with zero attached hydrogens (tertiary/aromatic N) is 3. The number of imidazole rings is 1. The molecule has 0 bridgehead atoms. The lowest BCUT2D eigenvalue weighted by molar-refractivity contribution is 0.246. The van der Waals surface area contributed by atoms with Crippen molar-refractivity contribution >= 4 is 39.0 Å². The summed E-state index contributed by atoms with van der Waals surface area (Å²) in [5, 5.41) is 5.79. The van der Waals surface area contributed by atoms with Gasteiger partial charge in [0, 0.05) is 41.4 Å². The van der Waals surface area contributed by atoms with Crippen LogP contribution >= 0.6 is 22.9 Å². The van der Waals surface area contributed by atoms with Gasteiger partial charge in [-0.05, 0) is 48.4 Å². The Morgan fingerprint density at radius 3 is 2.50 bits per heavy atom. The minimum atomic E-state index is -3.96. The first-order chi connectivity index (χ1) is 16.4. The molecule has 176 valence electrons. The van der Waals surface area contributed by atoms with Gasteiger partial charge in [-0.25, -0.2) is 27.9 Å². The number of sulfonamides is 1. The number of hydrogen-bond donors (Lipinski definition) is 2. The van der Waals surface area contributed by atoms with Crippen molar-refractivity contribution < 1.29 is 13.2 Å². The third kappa shape index (κ3) is 5.64. The van der Waals surface area contributed by atoms with Crippen molar-refractivity contribution in [1.82, 2.24) is 24.6 Å². The fourth-order valence-corrected chi connectivity index (χ4v) is 4.96. The highest BCUT2D eigenvalue weighted by Crippen LogP contribution is 2.24. The summed E-state index contributed by atoms with van der Waals surface area (Å²) in [7, 11) is -3.96. The first kappa shape index (κ1) is 23.9. The molecule has 0 spiro atoms. The molecule has 2 heterocycles. The van der Waals surface area contributed by atoms with Gasteiger partial charge in [-0.3, -0.25) is 0 Å². The summed E-state index contributed by atoms with van der Waals surface area (Å²) in [4.78, 5) is 21.0. The minimum absolute atomic E-state index is 0.0355. The Kier molecular flexibility index (Phi) is 7.30. The van der Waals surface area contributed by atoms with Crippen LogP contribution in [-0.2, 0) is 22.9 Å². The van der Waals surface area contributed by atoms with E-state index in [0.29, 0.717) is 11.4 Å². The molecule has 0 aliphatic carbocycles. The van der Waals surface area contributed by atoms with Crippen molar-refractivity contribution in [2.24, 2.45) is 0 Å². The van der Waals surface area contributed by atoms with E-state index in [-0.39, 0.29) is 11.4 Å². The van der Waals surface area contributed by atoms with Gasteiger partial charge in [0.05, 0.1) is 4.90 Å². The van der Waals surface area contributed by atoms with Gasteiger partial charge in [-0.15, -0.1) is 11.3 Å². The van der Waals surface area contributed by atoms with E-state index in [1.165, 1.54) is 24.3 Å². The van der Waals surface area contributed by atoms with Gasteiger partial charge in [0.25, 0.3) is 10.0 Å². The van der Waals surface area contributed by atoms with Crippen LogP contribution in [0, 0.1) is 0 Å². The molecule has 4 aromatic rings. The third-order valence-corrected chi connectivity index (χ3v) is 7.41. The number of urea groups is 1. The van der Waals surface area contributed by atoms with Crippen LogP contribution in [-0.4, -0.2) is 35.5 Å². The molecule has 0 fully saturated rings. The number of carbonyl (C=O) groups excluding carboxylic acids is 1. The van der Waals surface area contributed by atoms with Crippen molar-refractivity contribution in [2.75, 3.05) is 6.54 Å². The molecule has 0 saturated carbocycles. The molecule has 2 amide bonds. The Bertz CT molecular complexity index is 1370. The Morgan fingerprint density at radius 1 is 1.12 bits per heavy atom. The summed E-state index contributed by atoms with van der Waals surface area (Å²) in [5.41, 5.74) is 2.83. The molecule has 34 heavy (non-hydrogen) atoms. The summed E-state index contributed by atoms with van der Waals surface area (Å²) in [5.74, 6) is 0.943. The Labute approximate surface area is 206 Å². The number of carbonyl (C=O) groups is 1. The minimum Gasteiger partial charge on any atom is -0.337 e. The zero-order valence-electron chi connectivity index (χ0n) is 18.2. The van der Waals surface area contributed by atoms with Crippen molar-refractivity contribution in [3.05, 3.63) is 82.7 Å². The largest absolute Gasteiger partial charge is 0.337 e. The predicted molar refractivity (Wildman–Crippen MR) is 133 cm³/mol. The maximum Gasteiger partial charge on any atom is 0.328 e. The number of halogens is 1. The van der Waals surface area contributed by atoms with Gasteiger partial charge in [0.15, 0.2) is 0 Å². The number of rotatable bonds is 8. The first-order valence-corrected chi connectivity index (χ1v) is 13.2. The predicted octanol–water partition coefficient (Wildman–Crippen LogP) is 4.44. The average molecular weight is 516 g/mol. The molecule has 0 unspecified atom stereocenters. The van der Waals surface area contributed by atoms with Gasteiger partial charge in [-0.1, -0.05) is 30.7 Å². The summed E-state index contributed by atoms with van der Waals surface area (Å²) in [6, 6.07) is 12.7. The van der Waals surface area contributed by atoms with E-state index in [1.54, 1.807) is 17.5 Å². The fourth-order valence-electron chi connectivity index (χ4n) is 3.32. The average Bonchev–Trinajstić information content (AvgIpc) is 3.49. The Balaban J connectivity index is 1.34. The van der Waals surface area contributed by atoms with Gasteiger partial charge in [0.1, 0.15) is 16.5 Å². The molecule has 0 saturated heterocycles. The van der Waals surface area contributed by atoms with E-state index in [0.717, 1.165) is 34.2 Å². The topological polar surface area (TPSA) is 106 Å². The molecule has 0 radical (unpaired) electrons. The summed E-state index contributed by atoms with van der Waals surface area (Å²) in [6.45, 7) is 2.34. The van der Waals surface area contributed by atoms with E-state index in [1.807, 2.05) is 45.1 Å². The lowest BCUT2D eigenvalue weighted by Gasteiger charge is -2.10. The summed E-state index contributed by atoms with van der Waals surface area (Å²) >= 11 is 7.33. The van der Waals surface area contributed by atoms with Crippen LogP contribution in [0.25, 0.3) is 16.4 Å². The smallest absolute Gasteiger partial charge is 0.328 e. The molecule has 11 heteroatoms. The molecular weight excluding hydrogens is 494 g/mol. The highest BCUT2D eigenvalue weighted by atomic mass is 35.5. The number of hydrogen-bond acceptors (Lipinski definition) is 6. The van der Waals surface area contributed by atoms with Crippen LogP contribution in [0.2, 0.25) is 5.02 Å². The van der Waals surface area contributed by atoms with Crippen molar-refractivity contribution in [2.45, 2.75) is 24.7 Å². The normalized spacial score (nSPS) is 11.4. The third-order valence-electron chi connectivity index (χ3n) is 5.01. The fraction of sp³-hybridized carbons (Fsp3) is 0.174. The number of aryl methyl sites for hydroxylation is 1. The van der Waals surface area contributed by atoms with Crippen molar-refractivity contribution in [3.63, 3.8) is 0 Å². The molecule has 0 aliphatic rings. The van der Waals surface area contributed by atoms with Gasteiger partial charge >= 0.3 is 6.03 Å². The number of amides is 2. The van der Waals surface area contributed by atoms with Crippen LogP contribution in [0.4, 0.5) is 4.79 Å². The maximum atomic E-state index is 12.3. The van der Waals surface area contributed by atoms with Gasteiger partial charge in [0.2, 0.25) is 0 Å². The number of nitrogens with one attached hydrogen (secondary N) is 2. The second-order valence-electron chi connectivity index (χ2n) is 7.33. The number of thiazole rings is 1. The quantitative estimate of drug-likeness (QED) is 0.361. The Hall–Kier alpha value is -3.21. The second kappa shape index (κ2) is 10.4. The summed E-state index contributed by atoms with van der Waals surface area (Å²) in [6.07, 6.45) is 5.08. The van der Waals surface area contributed by atoms with Crippen LogP contribution in [0.5, 0.6) is 0 Å². The first-order valence-electron chi connectivity index (χ1n) is 10.5. The van der Waals surface area contributed by atoms with Crippen molar-refractivity contribution in [1.29, 1.82) is 0 Å². The van der Waals surface area contributed by atoms with Crippen LogP contribution in [0.3, 0.4) is 0 Å². The molecular formula is C23H22ClN5O3S2. The van der Waals surface area contributed by atoms with E-state index < -0.39 is 16.1 Å². The van der Waals surface area contributed by atoms with Gasteiger partial charge < -0.3 is 9.88 Å². The van der Waals surface area contributed by atoms with E-state index in [2.05, 4.69) is 17.2 Å². The zero-order chi connectivity index (χ0) is 24.1. The SMILES string of the molecule is CCc1nc(-c2nccs2)cn1-c1ccc(CCNC(=O)NS(=O)(=O)c2ccc(Cl)cc2)cc1. The Morgan fingerprint density at radius 2 is 1.85 bits per heavy atom. The van der Waals surface area contributed by atoms with E-state index >= 15 is 0 Å². The summed E-state index contributed by atoms with van der Waals surface area (Å²) < 4.78 is 28.6. The monoisotopic (exact) mass is 515 g/mol. The van der Waals surface area contributed by atoms with Crippen LogP contribution in [0.15, 0.2) is 71.2 Å². The van der Waals surface area contributed by atoms with Crippen LogP contribution in [0.1, 0.15) is 18.3 Å². The van der Waals surface area contributed by atoms with Crippen molar-refractivity contribution in [3.8, 4) is 16.4 Å². The molecule has 2 N–H and O–H groups in total.